The van der Waals surface area contributed by atoms with Crippen LogP contribution < -0.4 is 0 Å². The van der Waals surface area contributed by atoms with Crippen LogP contribution in [0, 0.1) is 27.7 Å². The molecule has 0 aliphatic heterocycles. The number of nitrogens with zero attached hydrogens (tertiary/aromatic N) is 1. The summed E-state index contributed by atoms with van der Waals surface area (Å²) in [7, 11) is 1.91. The highest BCUT2D eigenvalue weighted by Gasteiger charge is 2.17. The Balaban J connectivity index is 2.09. The van der Waals surface area contributed by atoms with Gasteiger partial charge in [0.25, 0.3) is 0 Å². The number of aromatic nitrogens is 1. The van der Waals surface area contributed by atoms with E-state index in [-0.39, 0.29) is 12.4 Å². The molecule has 0 aliphatic carbocycles. The fourth-order valence-corrected chi connectivity index (χ4v) is 2.40. The Labute approximate surface area is 130 Å². The van der Waals surface area contributed by atoms with Crippen molar-refractivity contribution in [3.8, 4) is 0 Å². The van der Waals surface area contributed by atoms with Crippen molar-refractivity contribution in [3.05, 3.63) is 57.9 Å². The number of Topliss-reactive ketones (excluding diaryl/α,β-unsaturated/α-hetero) is 1. The zero-order valence-corrected chi connectivity index (χ0v) is 13.7. The third kappa shape index (κ3) is 2.96. The summed E-state index contributed by atoms with van der Waals surface area (Å²) >= 11 is 0. The van der Waals surface area contributed by atoms with Gasteiger partial charge in [-0.1, -0.05) is 12.1 Å². The van der Waals surface area contributed by atoms with E-state index in [1.54, 1.807) is 6.07 Å². The van der Waals surface area contributed by atoms with Crippen molar-refractivity contribution in [2.45, 2.75) is 27.7 Å². The molecule has 0 aliphatic rings. The third-order valence-electron chi connectivity index (χ3n) is 4.23. The predicted molar refractivity (Wildman–Crippen MR) is 85.4 cm³/mol. The van der Waals surface area contributed by atoms with E-state index in [2.05, 4.69) is 0 Å². The lowest BCUT2D eigenvalue weighted by atomic mass is 10.0. The summed E-state index contributed by atoms with van der Waals surface area (Å²) in [4.78, 5) is 24.4. The summed E-state index contributed by atoms with van der Waals surface area (Å²) in [6.07, 6.45) is 0. The molecular formula is C18H21NO3. The van der Waals surface area contributed by atoms with Crippen LogP contribution in [0.2, 0.25) is 0 Å². The van der Waals surface area contributed by atoms with Crippen LogP contribution >= 0.6 is 0 Å². The van der Waals surface area contributed by atoms with Crippen molar-refractivity contribution in [3.63, 3.8) is 0 Å². The number of ketones is 1. The number of aryl methyl sites for hydroxylation is 2. The Morgan fingerprint density at radius 2 is 1.77 bits per heavy atom. The first-order valence-corrected chi connectivity index (χ1v) is 7.22. The lowest BCUT2D eigenvalue weighted by Crippen LogP contribution is -2.16. The first-order valence-electron chi connectivity index (χ1n) is 7.22. The molecule has 22 heavy (non-hydrogen) atoms. The lowest BCUT2D eigenvalue weighted by molar-refractivity contribution is 0.0473. The molecule has 0 spiro atoms. The molecule has 2 rings (SSSR count). The van der Waals surface area contributed by atoms with Crippen LogP contribution in [0.3, 0.4) is 0 Å². The monoisotopic (exact) mass is 299 g/mol. The van der Waals surface area contributed by atoms with Crippen LogP contribution in [0.1, 0.15) is 43.2 Å². The van der Waals surface area contributed by atoms with Crippen LogP contribution in [-0.4, -0.2) is 22.9 Å². The minimum Gasteiger partial charge on any atom is -0.454 e. The van der Waals surface area contributed by atoms with E-state index in [1.807, 2.05) is 57.5 Å². The Hall–Kier alpha value is -2.36. The molecule has 0 atom stereocenters. The topological polar surface area (TPSA) is 48.3 Å². The van der Waals surface area contributed by atoms with Crippen molar-refractivity contribution in [2.24, 2.45) is 7.05 Å². The second kappa shape index (κ2) is 6.18. The molecule has 0 saturated carbocycles. The molecule has 4 nitrogen and oxygen atoms in total. The Kier molecular flexibility index (Phi) is 4.50. The van der Waals surface area contributed by atoms with Crippen molar-refractivity contribution < 1.29 is 14.3 Å². The fourth-order valence-electron chi connectivity index (χ4n) is 2.40. The molecule has 0 fully saturated rings. The second-order valence-electron chi connectivity index (χ2n) is 5.59. The smallest absolute Gasteiger partial charge is 0.338 e. The fraction of sp³-hybridized carbons (Fsp3) is 0.333. The summed E-state index contributed by atoms with van der Waals surface area (Å²) in [6.45, 7) is 7.39. The highest BCUT2D eigenvalue weighted by molar-refractivity contribution is 6.00. The van der Waals surface area contributed by atoms with Gasteiger partial charge >= 0.3 is 5.97 Å². The van der Waals surface area contributed by atoms with Gasteiger partial charge in [0.2, 0.25) is 5.78 Å². The van der Waals surface area contributed by atoms with Crippen LogP contribution in [0.25, 0.3) is 0 Å². The number of rotatable bonds is 4. The van der Waals surface area contributed by atoms with E-state index < -0.39 is 5.97 Å². The normalized spacial score (nSPS) is 10.6. The highest BCUT2D eigenvalue weighted by atomic mass is 16.5. The molecule has 116 valence electrons. The van der Waals surface area contributed by atoms with E-state index in [4.69, 9.17) is 4.74 Å². The third-order valence-corrected chi connectivity index (χ3v) is 4.23. The molecular weight excluding hydrogens is 278 g/mol. The Morgan fingerprint density at radius 3 is 2.36 bits per heavy atom. The summed E-state index contributed by atoms with van der Waals surface area (Å²) in [6, 6.07) is 7.29. The largest absolute Gasteiger partial charge is 0.454 e. The molecule has 1 heterocycles. The maximum absolute atomic E-state index is 12.2. The average Bonchev–Trinajstić information content (AvgIpc) is 2.75. The van der Waals surface area contributed by atoms with Crippen molar-refractivity contribution in [2.75, 3.05) is 6.61 Å². The van der Waals surface area contributed by atoms with E-state index >= 15 is 0 Å². The van der Waals surface area contributed by atoms with E-state index in [0.717, 1.165) is 22.5 Å². The Bertz CT molecular complexity index is 741. The number of hydrogen-bond acceptors (Lipinski definition) is 3. The lowest BCUT2D eigenvalue weighted by Gasteiger charge is -2.08. The molecule has 1 aromatic carbocycles. The van der Waals surface area contributed by atoms with Gasteiger partial charge in [-0.15, -0.1) is 0 Å². The van der Waals surface area contributed by atoms with Crippen molar-refractivity contribution >= 4 is 11.8 Å². The van der Waals surface area contributed by atoms with E-state index in [1.165, 1.54) is 0 Å². The van der Waals surface area contributed by atoms with Gasteiger partial charge in [0.1, 0.15) is 0 Å². The molecule has 0 saturated heterocycles. The summed E-state index contributed by atoms with van der Waals surface area (Å²) in [5, 5.41) is 0. The molecule has 0 N–H and O–H groups in total. The number of esters is 1. The van der Waals surface area contributed by atoms with Gasteiger partial charge in [0, 0.05) is 24.0 Å². The first-order chi connectivity index (χ1) is 10.3. The first kappa shape index (κ1) is 16.0. The SMILES string of the molecule is Cc1cccc(C(=O)OCC(=O)c2cc(C)n(C)c2C)c1C. The van der Waals surface area contributed by atoms with Crippen LogP contribution in [-0.2, 0) is 11.8 Å². The van der Waals surface area contributed by atoms with Gasteiger partial charge in [0.05, 0.1) is 5.56 Å². The van der Waals surface area contributed by atoms with Crippen molar-refractivity contribution in [1.29, 1.82) is 0 Å². The molecule has 2 aromatic rings. The number of benzene rings is 1. The maximum atomic E-state index is 12.2. The highest BCUT2D eigenvalue weighted by Crippen LogP contribution is 2.16. The molecule has 4 heteroatoms. The molecule has 0 radical (unpaired) electrons. The average molecular weight is 299 g/mol. The van der Waals surface area contributed by atoms with Gasteiger partial charge in [-0.3, -0.25) is 4.79 Å². The van der Waals surface area contributed by atoms with Gasteiger partial charge in [-0.25, -0.2) is 4.79 Å². The van der Waals surface area contributed by atoms with Gasteiger partial charge in [-0.2, -0.15) is 0 Å². The Morgan fingerprint density at radius 1 is 1.09 bits per heavy atom. The quantitative estimate of drug-likeness (QED) is 0.643. The van der Waals surface area contributed by atoms with Gasteiger partial charge in [0.15, 0.2) is 6.61 Å². The summed E-state index contributed by atoms with van der Waals surface area (Å²) in [5.41, 5.74) is 4.90. The summed E-state index contributed by atoms with van der Waals surface area (Å²) in [5.74, 6) is -0.639. The number of hydrogen-bond donors (Lipinski definition) is 0. The van der Waals surface area contributed by atoms with Crippen LogP contribution in [0.4, 0.5) is 0 Å². The van der Waals surface area contributed by atoms with Crippen LogP contribution in [0.5, 0.6) is 0 Å². The van der Waals surface area contributed by atoms with E-state index in [0.29, 0.717) is 11.1 Å². The number of ether oxygens (including phenoxy) is 1. The molecule has 1 aromatic heterocycles. The van der Waals surface area contributed by atoms with Gasteiger partial charge in [-0.05, 0) is 51.0 Å². The predicted octanol–water partition coefficient (Wildman–Crippen LogP) is 3.30. The van der Waals surface area contributed by atoms with E-state index in [9.17, 15) is 9.59 Å². The standard InChI is InChI=1S/C18H21NO3/c1-11-7-6-8-15(13(11)3)18(21)22-10-17(20)16-9-12(2)19(5)14(16)4/h6-9H,10H2,1-5H3. The zero-order valence-electron chi connectivity index (χ0n) is 13.7. The molecule has 0 bridgehead atoms. The van der Waals surface area contributed by atoms with Gasteiger partial charge < -0.3 is 9.30 Å². The molecule has 0 unspecified atom stereocenters. The van der Waals surface area contributed by atoms with Crippen molar-refractivity contribution in [1.82, 2.24) is 4.57 Å². The minimum atomic E-state index is -0.458. The molecule has 0 amide bonds. The van der Waals surface area contributed by atoms with Crippen LogP contribution in [0.15, 0.2) is 24.3 Å². The summed E-state index contributed by atoms with van der Waals surface area (Å²) < 4.78 is 7.13. The maximum Gasteiger partial charge on any atom is 0.338 e. The second-order valence-corrected chi connectivity index (χ2v) is 5.59. The number of carbonyl (C=O) groups excluding carboxylic acids is 2. The zero-order chi connectivity index (χ0) is 16.4. The number of carbonyl (C=O) groups is 2. The minimum absolute atomic E-state index is 0.181.